The van der Waals surface area contributed by atoms with Gasteiger partial charge in [-0.2, -0.15) is 0 Å². The van der Waals surface area contributed by atoms with E-state index in [0.717, 1.165) is 0 Å². The van der Waals surface area contributed by atoms with Crippen molar-refractivity contribution in [2.75, 3.05) is 0 Å². The van der Waals surface area contributed by atoms with Crippen molar-refractivity contribution in [3.8, 4) is 0 Å². The standard InChI is InChI=1S/C22H33Si.2ClH.Ti/c1-14-11-15(20(2,3)4)12-16(14)22(8)13-17-18(21(5,6)7)19(22)23(17,9)10;;;/h11H,12H2,1-10H3;2*1H;/q;;;+2/p-2. The Morgan fingerprint density at radius 1 is 1.00 bits per heavy atom. The topological polar surface area (TPSA) is 0 Å². The SMILES string of the molecule is CC1=C(C2(C)[C]([Ti+2])=C3C(C(C)(C)C)=C2[Si]3(C)C)CC(C(C)(C)C)=C1.[Cl-].[Cl-]. The number of rotatable bonds is 1. The zero-order valence-corrected chi connectivity index (χ0v) is 22.1. The molecule has 0 spiro atoms. The van der Waals surface area contributed by atoms with Crippen LogP contribution in [-0.2, 0) is 20.4 Å². The minimum Gasteiger partial charge on any atom is -1.00 e. The molecule has 0 saturated carbocycles. The van der Waals surface area contributed by atoms with Gasteiger partial charge in [-0.1, -0.05) is 0 Å². The molecular weight excluding hydrogens is 411 g/mol. The molecule has 4 rings (SSSR count). The molecule has 1 atom stereocenters. The Morgan fingerprint density at radius 2 is 1.50 bits per heavy atom. The fraction of sp³-hybridized carbons (Fsp3) is 0.636. The van der Waals surface area contributed by atoms with Crippen LogP contribution in [0.25, 0.3) is 0 Å². The van der Waals surface area contributed by atoms with Crippen LogP contribution in [-0.4, -0.2) is 8.07 Å². The van der Waals surface area contributed by atoms with E-state index < -0.39 is 8.07 Å². The number of fused-ring (bicyclic) bond motifs is 1. The second-order valence-electron chi connectivity index (χ2n) is 10.8. The van der Waals surface area contributed by atoms with Crippen LogP contribution in [0.2, 0.25) is 13.1 Å². The van der Waals surface area contributed by atoms with Gasteiger partial charge in [0, 0.05) is 0 Å². The number of hydrogen-bond donors (Lipinski definition) is 0. The second-order valence-corrected chi connectivity index (χ2v) is 15.8. The van der Waals surface area contributed by atoms with Crippen molar-refractivity contribution in [2.24, 2.45) is 16.2 Å². The van der Waals surface area contributed by atoms with E-state index in [1.54, 1.807) is 25.8 Å². The summed E-state index contributed by atoms with van der Waals surface area (Å²) in [4.78, 5) is 0. The van der Waals surface area contributed by atoms with E-state index in [1.165, 1.54) is 12.0 Å². The van der Waals surface area contributed by atoms with E-state index >= 15 is 0 Å². The first kappa shape index (κ1) is 24.5. The molecule has 4 heteroatoms. The Balaban J connectivity index is 0.00000169. The summed E-state index contributed by atoms with van der Waals surface area (Å²) in [6.07, 6.45) is 3.65. The van der Waals surface area contributed by atoms with Crippen LogP contribution in [0.4, 0.5) is 0 Å². The molecule has 4 aliphatic rings. The van der Waals surface area contributed by atoms with Crippen molar-refractivity contribution in [1.82, 2.24) is 0 Å². The summed E-state index contributed by atoms with van der Waals surface area (Å²) in [5, 5.41) is 3.63. The van der Waals surface area contributed by atoms with Gasteiger partial charge in [0.15, 0.2) is 0 Å². The van der Waals surface area contributed by atoms with Gasteiger partial charge in [0.1, 0.15) is 0 Å². The number of allylic oxidation sites excluding steroid dienone is 8. The summed E-state index contributed by atoms with van der Waals surface area (Å²) in [7, 11) is -1.38. The Bertz CT molecular complexity index is 767. The molecule has 0 aromatic heterocycles. The van der Waals surface area contributed by atoms with Crippen molar-refractivity contribution < 1.29 is 45.2 Å². The largest absolute Gasteiger partial charge is 1.00 e. The number of halogens is 2. The van der Waals surface area contributed by atoms with Crippen LogP contribution in [0.15, 0.2) is 42.6 Å². The molecule has 2 bridgehead atoms. The first-order valence-corrected chi connectivity index (χ1v) is 13.1. The van der Waals surface area contributed by atoms with E-state index in [0.29, 0.717) is 0 Å². The molecule has 0 nitrogen and oxygen atoms in total. The third-order valence-corrected chi connectivity index (χ3v) is 11.9. The van der Waals surface area contributed by atoms with Gasteiger partial charge in [0.05, 0.1) is 0 Å². The molecule has 2 heterocycles. The zero-order chi connectivity index (χ0) is 18.5. The van der Waals surface area contributed by atoms with Crippen LogP contribution < -0.4 is 24.8 Å². The molecule has 0 aromatic rings. The monoisotopic (exact) mass is 443 g/mol. The molecular formula is C22H33Cl2SiTi. The predicted molar refractivity (Wildman–Crippen MR) is 104 cm³/mol. The maximum atomic E-state index is 2.57. The van der Waals surface area contributed by atoms with E-state index in [-0.39, 0.29) is 41.1 Å². The van der Waals surface area contributed by atoms with Gasteiger partial charge in [-0.05, 0) is 0 Å². The van der Waals surface area contributed by atoms with Gasteiger partial charge >= 0.3 is 162 Å². The van der Waals surface area contributed by atoms with Gasteiger partial charge in [0.2, 0.25) is 0 Å². The van der Waals surface area contributed by atoms with E-state index in [9.17, 15) is 0 Å². The minimum atomic E-state index is -1.38. The molecule has 0 N–H and O–H groups in total. The molecule has 0 saturated heterocycles. The molecule has 2 aliphatic heterocycles. The van der Waals surface area contributed by atoms with E-state index in [2.05, 4.69) is 95.0 Å². The summed E-state index contributed by atoms with van der Waals surface area (Å²) in [6, 6.07) is 0. The van der Waals surface area contributed by atoms with Crippen molar-refractivity contribution in [2.45, 2.75) is 74.9 Å². The summed E-state index contributed by atoms with van der Waals surface area (Å²) >= 11 is 2.44. The quantitative estimate of drug-likeness (QED) is 0.522. The maximum Gasteiger partial charge on any atom is -1.00 e. The van der Waals surface area contributed by atoms with Gasteiger partial charge < -0.3 is 24.8 Å². The summed E-state index contributed by atoms with van der Waals surface area (Å²) < 4.78 is 1.68. The van der Waals surface area contributed by atoms with Gasteiger partial charge in [-0.25, -0.2) is 0 Å². The fourth-order valence-corrected chi connectivity index (χ4v) is 12.3. The van der Waals surface area contributed by atoms with Gasteiger partial charge in [0.25, 0.3) is 0 Å². The molecule has 0 radical (unpaired) electrons. The van der Waals surface area contributed by atoms with Crippen molar-refractivity contribution in [3.63, 3.8) is 0 Å². The third kappa shape index (κ3) is 3.05. The van der Waals surface area contributed by atoms with E-state index in [1.807, 2.05) is 5.20 Å². The Kier molecular flexibility index (Phi) is 6.38. The summed E-state index contributed by atoms with van der Waals surface area (Å²) in [5.41, 5.74) is 7.28. The second kappa shape index (κ2) is 6.77. The molecule has 26 heavy (non-hydrogen) atoms. The Labute approximate surface area is 186 Å². The average molecular weight is 444 g/mol. The molecule has 0 aromatic carbocycles. The van der Waals surface area contributed by atoms with Crippen LogP contribution in [0.1, 0.15) is 61.8 Å². The average Bonchev–Trinajstić information content (AvgIpc) is 2.91. The van der Waals surface area contributed by atoms with E-state index in [4.69, 9.17) is 0 Å². The predicted octanol–water partition coefficient (Wildman–Crippen LogP) is 0.651. The molecule has 0 fully saturated rings. The van der Waals surface area contributed by atoms with Crippen LogP contribution >= 0.6 is 0 Å². The third-order valence-electron chi connectivity index (χ3n) is 6.55. The fourth-order valence-electron chi connectivity index (χ4n) is 5.33. The van der Waals surface area contributed by atoms with Crippen molar-refractivity contribution >= 4 is 8.07 Å². The maximum absolute atomic E-state index is 2.57. The first-order chi connectivity index (χ1) is 10.6. The van der Waals surface area contributed by atoms with Crippen LogP contribution in [0, 0.1) is 16.2 Å². The zero-order valence-electron chi connectivity index (χ0n) is 18.0. The molecule has 1 unspecified atom stereocenters. The van der Waals surface area contributed by atoms with Crippen LogP contribution in [0.5, 0.6) is 0 Å². The normalized spacial score (nSPS) is 27.3. The van der Waals surface area contributed by atoms with Crippen LogP contribution in [0.3, 0.4) is 0 Å². The minimum absolute atomic E-state index is 0. The van der Waals surface area contributed by atoms with Crippen molar-refractivity contribution in [3.05, 3.63) is 42.6 Å². The Hall–Kier alpha value is 0.471. The first-order valence-electron chi connectivity index (χ1n) is 9.28. The molecule has 0 amide bonds. The molecule has 143 valence electrons. The number of hydrogen-bond acceptors (Lipinski definition) is 0. The molecule has 2 aliphatic carbocycles. The van der Waals surface area contributed by atoms with Crippen molar-refractivity contribution in [1.29, 1.82) is 0 Å². The van der Waals surface area contributed by atoms with Gasteiger partial charge in [-0.3, -0.25) is 0 Å². The Morgan fingerprint density at radius 3 is 1.85 bits per heavy atom. The summed E-state index contributed by atoms with van der Waals surface area (Å²) in [6.45, 7) is 24.3. The van der Waals surface area contributed by atoms with Gasteiger partial charge in [-0.15, -0.1) is 0 Å². The smallest absolute Gasteiger partial charge is 1.00 e. The summed E-state index contributed by atoms with van der Waals surface area (Å²) in [5.74, 6) is 0.